The smallest absolute Gasteiger partial charge is 0.374 e. The minimum atomic E-state index is -3.14. The number of hydrogen-bond donors (Lipinski definition) is 0. The molecule has 0 saturated carbocycles. The number of ether oxygens (including phenoxy) is 3. The Bertz CT molecular complexity index is 813. The molecule has 0 aromatic heterocycles. The lowest BCUT2D eigenvalue weighted by Crippen LogP contribution is -2.37. The SMILES string of the molecule is COc1cccc(CCc2ccccc2O[C@@H](CC(C)OC(=O)C(F)F)N(C)C)c1. The third kappa shape index (κ3) is 7.30. The summed E-state index contributed by atoms with van der Waals surface area (Å²) in [6.07, 6.45) is -2.45. The highest BCUT2D eigenvalue weighted by Gasteiger charge is 2.24. The Balaban J connectivity index is 2.05. The van der Waals surface area contributed by atoms with E-state index in [1.54, 1.807) is 14.0 Å². The Labute approximate surface area is 176 Å². The van der Waals surface area contributed by atoms with E-state index < -0.39 is 24.7 Å². The van der Waals surface area contributed by atoms with Gasteiger partial charge in [0.25, 0.3) is 0 Å². The summed E-state index contributed by atoms with van der Waals surface area (Å²) >= 11 is 0. The van der Waals surface area contributed by atoms with Gasteiger partial charge in [-0.05, 0) is 63.2 Å². The number of halogens is 2. The number of methoxy groups -OCH3 is 1. The molecule has 2 aromatic carbocycles. The van der Waals surface area contributed by atoms with E-state index in [0.29, 0.717) is 5.75 Å². The molecular weight excluding hydrogens is 392 g/mol. The van der Waals surface area contributed by atoms with Crippen LogP contribution in [0.3, 0.4) is 0 Å². The molecule has 0 radical (unpaired) electrons. The second-order valence-corrected chi connectivity index (χ2v) is 7.28. The van der Waals surface area contributed by atoms with Crippen molar-refractivity contribution in [2.75, 3.05) is 21.2 Å². The second kappa shape index (κ2) is 11.5. The summed E-state index contributed by atoms with van der Waals surface area (Å²) in [7, 11) is 5.29. The van der Waals surface area contributed by atoms with Crippen molar-refractivity contribution < 1.29 is 27.8 Å². The zero-order valence-electron chi connectivity index (χ0n) is 17.8. The Morgan fingerprint density at radius 3 is 2.47 bits per heavy atom. The maximum Gasteiger partial charge on any atom is 0.374 e. The van der Waals surface area contributed by atoms with Crippen molar-refractivity contribution in [3.8, 4) is 11.5 Å². The van der Waals surface area contributed by atoms with E-state index in [4.69, 9.17) is 14.2 Å². The first kappa shape index (κ1) is 23.6. The molecule has 0 amide bonds. The van der Waals surface area contributed by atoms with Gasteiger partial charge in [-0.15, -0.1) is 0 Å². The van der Waals surface area contributed by atoms with Gasteiger partial charge in [-0.25, -0.2) is 4.79 Å². The average molecular weight is 421 g/mol. The summed E-state index contributed by atoms with van der Waals surface area (Å²) in [5, 5.41) is 0. The first-order valence-corrected chi connectivity index (χ1v) is 9.82. The highest BCUT2D eigenvalue weighted by molar-refractivity contribution is 5.72. The maximum atomic E-state index is 12.4. The van der Waals surface area contributed by atoms with Gasteiger partial charge in [0.2, 0.25) is 0 Å². The normalized spacial score (nSPS) is 13.2. The van der Waals surface area contributed by atoms with Gasteiger partial charge in [0.05, 0.1) is 7.11 Å². The average Bonchev–Trinajstić information content (AvgIpc) is 2.72. The van der Waals surface area contributed by atoms with E-state index in [0.717, 1.165) is 29.7 Å². The van der Waals surface area contributed by atoms with Crippen LogP contribution in [-0.2, 0) is 22.4 Å². The highest BCUT2D eigenvalue weighted by Crippen LogP contribution is 2.24. The van der Waals surface area contributed by atoms with Gasteiger partial charge in [0.15, 0.2) is 6.23 Å². The Hall–Kier alpha value is -2.67. The molecule has 0 fully saturated rings. The first-order chi connectivity index (χ1) is 14.3. The fraction of sp³-hybridized carbons (Fsp3) is 0.435. The first-order valence-electron chi connectivity index (χ1n) is 9.82. The van der Waals surface area contributed by atoms with Gasteiger partial charge in [0.1, 0.15) is 17.6 Å². The second-order valence-electron chi connectivity index (χ2n) is 7.28. The molecule has 5 nitrogen and oxygen atoms in total. The van der Waals surface area contributed by atoms with Crippen molar-refractivity contribution in [3.63, 3.8) is 0 Å². The van der Waals surface area contributed by atoms with Crippen molar-refractivity contribution in [1.82, 2.24) is 4.90 Å². The van der Waals surface area contributed by atoms with E-state index in [-0.39, 0.29) is 6.42 Å². The van der Waals surface area contributed by atoms with Crippen molar-refractivity contribution in [2.24, 2.45) is 0 Å². The molecule has 2 aromatic rings. The van der Waals surface area contributed by atoms with Gasteiger partial charge >= 0.3 is 12.4 Å². The molecule has 2 atom stereocenters. The van der Waals surface area contributed by atoms with Crippen molar-refractivity contribution in [1.29, 1.82) is 0 Å². The predicted molar refractivity (Wildman–Crippen MR) is 111 cm³/mol. The fourth-order valence-electron chi connectivity index (χ4n) is 3.02. The lowest BCUT2D eigenvalue weighted by Gasteiger charge is -2.28. The largest absolute Gasteiger partial charge is 0.497 e. The van der Waals surface area contributed by atoms with Crippen LogP contribution in [0.1, 0.15) is 24.5 Å². The molecule has 0 N–H and O–H groups in total. The number of hydrogen-bond acceptors (Lipinski definition) is 5. The summed E-state index contributed by atoms with van der Waals surface area (Å²) < 4.78 is 41.1. The molecule has 0 aliphatic heterocycles. The van der Waals surface area contributed by atoms with E-state index >= 15 is 0 Å². The minimum Gasteiger partial charge on any atom is -0.497 e. The Morgan fingerprint density at radius 2 is 1.80 bits per heavy atom. The van der Waals surface area contributed by atoms with Gasteiger partial charge in [-0.2, -0.15) is 8.78 Å². The molecule has 0 bridgehead atoms. The summed E-state index contributed by atoms with van der Waals surface area (Å²) in [6, 6.07) is 15.6. The number of alkyl halides is 2. The van der Waals surface area contributed by atoms with Crippen LogP contribution >= 0.6 is 0 Å². The zero-order valence-corrected chi connectivity index (χ0v) is 17.8. The van der Waals surface area contributed by atoms with E-state index in [1.807, 2.05) is 67.5 Å². The van der Waals surface area contributed by atoms with Crippen LogP contribution in [0.4, 0.5) is 8.78 Å². The standard InChI is InChI=1S/C23H29F2NO4/c1-16(29-23(27)22(24)25)14-21(26(2)3)30-20-11-6-5-9-18(20)13-12-17-8-7-10-19(15-17)28-4/h5-11,15-16,21-22H,12-14H2,1-4H3/t16?,21-/m0/s1. The monoisotopic (exact) mass is 421 g/mol. The molecule has 7 heteroatoms. The number of carbonyl (C=O) groups excluding carboxylic acids is 1. The lowest BCUT2D eigenvalue weighted by molar-refractivity contribution is -0.163. The molecule has 0 aliphatic carbocycles. The minimum absolute atomic E-state index is 0.260. The van der Waals surface area contributed by atoms with E-state index in [2.05, 4.69) is 0 Å². The maximum absolute atomic E-state index is 12.4. The highest BCUT2D eigenvalue weighted by atomic mass is 19.3. The Morgan fingerprint density at radius 1 is 1.07 bits per heavy atom. The number of esters is 1. The van der Waals surface area contributed by atoms with Crippen LogP contribution in [-0.4, -0.2) is 50.8 Å². The third-order valence-corrected chi connectivity index (χ3v) is 4.66. The molecule has 0 heterocycles. The van der Waals surface area contributed by atoms with Crippen LogP contribution in [0.25, 0.3) is 0 Å². The molecule has 164 valence electrons. The molecular formula is C23H29F2NO4. The number of aryl methyl sites for hydroxylation is 2. The molecule has 1 unspecified atom stereocenters. The molecule has 30 heavy (non-hydrogen) atoms. The summed E-state index contributed by atoms with van der Waals surface area (Å²) in [5.41, 5.74) is 2.19. The summed E-state index contributed by atoms with van der Waals surface area (Å²) in [6.45, 7) is 1.58. The third-order valence-electron chi connectivity index (χ3n) is 4.66. The quantitative estimate of drug-likeness (QED) is 0.399. The van der Waals surface area contributed by atoms with Crippen molar-refractivity contribution in [2.45, 2.75) is 44.9 Å². The van der Waals surface area contributed by atoms with E-state index in [1.165, 1.54) is 0 Å². The number of benzene rings is 2. The number of carbonyl (C=O) groups is 1. The zero-order chi connectivity index (χ0) is 22.1. The molecule has 0 saturated heterocycles. The van der Waals surface area contributed by atoms with Gasteiger partial charge in [-0.3, -0.25) is 4.90 Å². The van der Waals surface area contributed by atoms with Crippen molar-refractivity contribution >= 4 is 5.97 Å². The predicted octanol–water partition coefficient (Wildman–Crippen LogP) is 4.33. The van der Waals surface area contributed by atoms with Gasteiger partial charge < -0.3 is 14.2 Å². The van der Waals surface area contributed by atoms with Gasteiger partial charge in [0, 0.05) is 6.42 Å². The van der Waals surface area contributed by atoms with Crippen LogP contribution in [0.2, 0.25) is 0 Å². The molecule has 2 rings (SSSR count). The van der Waals surface area contributed by atoms with Crippen LogP contribution in [0.5, 0.6) is 11.5 Å². The number of rotatable bonds is 11. The fourth-order valence-corrected chi connectivity index (χ4v) is 3.02. The van der Waals surface area contributed by atoms with Crippen LogP contribution in [0, 0.1) is 0 Å². The van der Waals surface area contributed by atoms with Gasteiger partial charge in [-0.1, -0.05) is 30.3 Å². The van der Waals surface area contributed by atoms with Crippen molar-refractivity contribution in [3.05, 3.63) is 59.7 Å². The summed E-state index contributed by atoms with van der Waals surface area (Å²) in [4.78, 5) is 13.0. The lowest BCUT2D eigenvalue weighted by atomic mass is 10.0. The molecule has 0 spiro atoms. The topological polar surface area (TPSA) is 48.0 Å². The van der Waals surface area contributed by atoms with Crippen LogP contribution in [0.15, 0.2) is 48.5 Å². The summed E-state index contributed by atoms with van der Waals surface area (Å²) in [5.74, 6) is 0.0159. The number of nitrogens with zero attached hydrogens (tertiary/aromatic N) is 1. The number of para-hydroxylation sites is 1. The molecule has 0 aliphatic rings. The van der Waals surface area contributed by atoms with E-state index in [9.17, 15) is 13.6 Å². The van der Waals surface area contributed by atoms with Crippen LogP contribution < -0.4 is 9.47 Å². The Kier molecular flexibility index (Phi) is 9.05.